The molecule has 23 heavy (non-hydrogen) atoms. The number of benzene rings is 1. The summed E-state index contributed by atoms with van der Waals surface area (Å²) in [7, 11) is 1.64. The molecular formula is C16H14N4O2S. The van der Waals surface area contributed by atoms with E-state index in [0.29, 0.717) is 5.82 Å². The van der Waals surface area contributed by atoms with Crippen LogP contribution < -0.4 is 15.4 Å². The largest absolute Gasteiger partial charge is 0.497 e. The molecule has 116 valence electrons. The first kappa shape index (κ1) is 15.0. The molecule has 0 aliphatic heterocycles. The molecule has 1 aromatic carbocycles. The van der Waals surface area contributed by atoms with Crippen LogP contribution in [-0.4, -0.2) is 23.1 Å². The van der Waals surface area contributed by atoms with Gasteiger partial charge < -0.3 is 4.74 Å². The van der Waals surface area contributed by atoms with E-state index in [1.807, 2.05) is 36.4 Å². The molecule has 0 saturated carbocycles. The van der Waals surface area contributed by atoms with Crippen molar-refractivity contribution < 1.29 is 9.53 Å². The molecule has 2 amide bonds. The zero-order valence-corrected chi connectivity index (χ0v) is 13.1. The lowest BCUT2D eigenvalue weighted by Crippen LogP contribution is -2.19. The Morgan fingerprint density at radius 2 is 1.91 bits per heavy atom. The molecule has 0 aliphatic carbocycles. The number of carbonyl (C=O) groups excluding carboxylic acids is 1. The summed E-state index contributed by atoms with van der Waals surface area (Å²) in [5, 5.41) is 6.15. The number of thiophene rings is 1. The van der Waals surface area contributed by atoms with Gasteiger partial charge >= 0.3 is 6.03 Å². The Kier molecular flexibility index (Phi) is 4.49. The van der Waals surface area contributed by atoms with Crippen LogP contribution in [0.4, 0.5) is 15.6 Å². The molecule has 0 aliphatic rings. The van der Waals surface area contributed by atoms with Crippen LogP contribution in [-0.2, 0) is 0 Å². The van der Waals surface area contributed by atoms with Gasteiger partial charge in [0.15, 0.2) is 5.82 Å². The lowest BCUT2D eigenvalue weighted by atomic mass is 10.2. The fourth-order valence-electron chi connectivity index (χ4n) is 1.94. The van der Waals surface area contributed by atoms with E-state index < -0.39 is 0 Å². The van der Waals surface area contributed by atoms with Gasteiger partial charge in [-0.3, -0.25) is 15.6 Å². The number of methoxy groups -OCH3 is 1. The van der Waals surface area contributed by atoms with E-state index in [4.69, 9.17) is 4.74 Å². The smallest absolute Gasteiger partial charge is 0.325 e. The summed E-state index contributed by atoms with van der Waals surface area (Å²) in [6, 6.07) is 11.2. The third-order valence-corrected chi connectivity index (χ3v) is 4.07. The maximum Gasteiger partial charge on any atom is 0.325 e. The molecule has 6 nitrogen and oxygen atoms in total. The molecule has 0 bridgehead atoms. The van der Waals surface area contributed by atoms with E-state index >= 15 is 0 Å². The molecule has 0 atom stereocenters. The van der Waals surface area contributed by atoms with Crippen molar-refractivity contribution in [3.63, 3.8) is 0 Å². The van der Waals surface area contributed by atoms with Crippen molar-refractivity contribution in [2.75, 3.05) is 17.7 Å². The lowest BCUT2D eigenvalue weighted by molar-refractivity contribution is 0.262. The highest BCUT2D eigenvalue weighted by molar-refractivity contribution is 7.19. The van der Waals surface area contributed by atoms with Crippen LogP contribution in [0.5, 0.6) is 5.75 Å². The molecule has 2 N–H and O–H groups in total. The van der Waals surface area contributed by atoms with Gasteiger partial charge in [-0.2, -0.15) is 0 Å². The quantitative estimate of drug-likeness (QED) is 0.763. The summed E-state index contributed by atoms with van der Waals surface area (Å²) in [6.45, 7) is 0. The maximum atomic E-state index is 11.9. The number of nitrogens with one attached hydrogen (secondary N) is 2. The van der Waals surface area contributed by atoms with E-state index in [0.717, 1.165) is 21.2 Å². The molecule has 0 fully saturated rings. The van der Waals surface area contributed by atoms with Crippen LogP contribution in [0, 0.1) is 0 Å². The summed E-state index contributed by atoms with van der Waals surface area (Å²) in [4.78, 5) is 20.8. The van der Waals surface area contributed by atoms with Crippen molar-refractivity contribution in [1.29, 1.82) is 0 Å². The van der Waals surface area contributed by atoms with Crippen molar-refractivity contribution in [3.8, 4) is 16.2 Å². The Morgan fingerprint density at radius 1 is 1.09 bits per heavy atom. The molecule has 0 saturated heterocycles. The number of rotatable bonds is 4. The fraction of sp³-hybridized carbons (Fsp3) is 0.0625. The molecule has 7 heteroatoms. The third-order valence-electron chi connectivity index (χ3n) is 3.02. The second kappa shape index (κ2) is 6.89. The Bertz CT molecular complexity index is 787. The van der Waals surface area contributed by atoms with E-state index in [9.17, 15) is 4.79 Å². The number of carbonyl (C=O) groups is 1. The van der Waals surface area contributed by atoms with Crippen LogP contribution in [0.25, 0.3) is 10.4 Å². The van der Waals surface area contributed by atoms with Crippen LogP contribution in [0.3, 0.4) is 0 Å². The minimum absolute atomic E-state index is 0.353. The van der Waals surface area contributed by atoms with E-state index in [2.05, 4.69) is 20.6 Å². The van der Waals surface area contributed by atoms with Crippen molar-refractivity contribution in [2.45, 2.75) is 0 Å². The molecule has 3 rings (SSSR count). The van der Waals surface area contributed by atoms with Gasteiger partial charge in [0.25, 0.3) is 0 Å². The highest BCUT2D eigenvalue weighted by Crippen LogP contribution is 2.32. The SMILES string of the molecule is COc1ccc(-c2ccc(NC(=O)Nc3cnccn3)s2)cc1. The highest BCUT2D eigenvalue weighted by atomic mass is 32.1. The van der Waals surface area contributed by atoms with Gasteiger partial charge in [-0.25, -0.2) is 9.78 Å². The van der Waals surface area contributed by atoms with Crippen molar-refractivity contribution in [1.82, 2.24) is 9.97 Å². The average Bonchev–Trinajstić information content (AvgIpc) is 3.04. The standard InChI is InChI=1S/C16H14N4O2S/c1-22-12-4-2-11(3-5-12)13-6-7-15(23-13)20-16(21)19-14-10-17-8-9-18-14/h2-10H,1H3,(H2,18,19,20,21). The van der Waals surface area contributed by atoms with Crippen LogP contribution in [0.15, 0.2) is 55.0 Å². The first-order chi connectivity index (χ1) is 11.2. The molecule has 2 aromatic heterocycles. The first-order valence-electron chi connectivity index (χ1n) is 6.83. The Labute approximate surface area is 137 Å². The Morgan fingerprint density at radius 3 is 2.61 bits per heavy atom. The molecule has 0 spiro atoms. The van der Waals surface area contributed by atoms with Gasteiger partial charge in [0.05, 0.1) is 18.3 Å². The fourth-order valence-corrected chi connectivity index (χ4v) is 2.85. The second-order valence-corrected chi connectivity index (χ2v) is 5.65. The minimum Gasteiger partial charge on any atom is -0.497 e. The number of nitrogens with zero attached hydrogens (tertiary/aromatic N) is 2. The summed E-state index contributed by atoms with van der Waals surface area (Å²) in [5.74, 6) is 1.21. The van der Waals surface area contributed by atoms with Crippen molar-refractivity contribution >= 4 is 28.2 Å². The second-order valence-electron chi connectivity index (χ2n) is 4.56. The number of urea groups is 1. The average molecular weight is 326 g/mol. The summed E-state index contributed by atoms with van der Waals surface area (Å²) >= 11 is 1.49. The molecule has 0 unspecified atom stereocenters. The Hall–Kier alpha value is -2.93. The molecular weight excluding hydrogens is 312 g/mol. The zero-order valence-electron chi connectivity index (χ0n) is 12.3. The normalized spacial score (nSPS) is 10.1. The van der Waals surface area contributed by atoms with Crippen molar-refractivity contribution in [2.24, 2.45) is 0 Å². The van der Waals surface area contributed by atoms with Crippen molar-refractivity contribution in [3.05, 3.63) is 55.0 Å². The van der Waals surface area contributed by atoms with Crippen LogP contribution >= 0.6 is 11.3 Å². The van der Waals surface area contributed by atoms with E-state index in [1.165, 1.54) is 23.7 Å². The van der Waals surface area contributed by atoms with Gasteiger partial charge in [-0.15, -0.1) is 11.3 Å². The number of anilines is 2. The summed E-state index contributed by atoms with van der Waals surface area (Å²) in [6.07, 6.45) is 4.54. The summed E-state index contributed by atoms with van der Waals surface area (Å²) < 4.78 is 5.15. The van der Waals surface area contributed by atoms with Gasteiger partial charge in [-0.1, -0.05) is 0 Å². The molecule has 2 heterocycles. The summed E-state index contributed by atoms with van der Waals surface area (Å²) in [5.41, 5.74) is 1.07. The van der Waals surface area contributed by atoms with Gasteiger partial charge in [0, 0.05) is 17.3 Å². The predicted octanol–water partition coefficient (Wildman–Crippen LogP) is 3.86. The van der Waals surface area contributed by atoms with Gasteiger partial charge in [0.2, 0.25) is 0 Å². The highest BCUT2D eigenvalue weighted by Gasteiger charge is 2.07. The first-order valence-corrected chi connectivity index (χ1v) is 7.64. The topological polar surface area (TPSA) is 76.1 Å². The monoisotopic (exact) mass is 326 g/mol. The maximum absolute atomic E-state index is 11.9. The zero-order chi connectivity index (χ0) is 16.1. The number of ether oxygens (including phenoxy) is 1. The van der Waals surface area contributed by atoms with Gasteiger partial charge in [-0.05, 0) is 42.0 Å². The number of hydrogen-bond donors (Lipinski definition) is 2. The minimum atomic E-state index is -0.353. The van der Waals surface area contributed by atoms with E-state index in [-0.39, 0.29) is 6.03 Å². The predicted molar refractivity (Wildman–Crippen MR) is 91.0 cm³/mol. The number of amides is 2. The lowest BCUT2D eigenvalue weighted by Gasteiger charge is -2.04. The molecule has 3 aromatic rings. The third kappa shape index (κ3) is 3.83. The Balaban J connectivity index is 1.65. The molecule has 0 radical (unpaired) electrons. The number of hydrogen-bond acceptors (Lipinski definition) is 5. The number of aromatic nitrogens is 2. The van der Waals surface area contributed by atoms with E-state index in [1.54, 1.807) is 13.3 Å². The van der Waals surface area contributed by atoms with Crippen LogP contribution in [0.1, 0.15) is 0 Å². The van der Waals surface area contributed by atoms with Gasteiger partial charge in [0.1, 0.15) is 5.75 Å². The van der Waals surface area contributed by atoms with Crippen LogP contribution in [0.2, 0.25) is 0 Å².